The Bertz CT molecular complexity index is 3060. The zero-order valence-corrected chi connectivity index (χ0v) is 44.8. The van der Waals surface area contributed by atoms with Gasteiger partial charge >= 0.3 is 0 Å². The van der Waals surface area contributed by atoms with Crippen molar-refractivity contribution in [3.63, 3.8) is 0 Å². The highest BCUT2D eigenvalue weighted by atomic mass is 79.9. The van der Waals surface area contributed by atoms with E-state index in [2.05, 4.69) is 63.6 Å². The molecule has 3 aromatic heterocycles. The fourth-order valence-electron chi connectivity index (χ4n) is 11.5. The van der Waals surface area contributed by atoms with Gasteiger partial charge in [-0.1, -0.05) is 70.0 Å². The lowest BCUT2D eigenvalue weighted by Gasteiger charge is -2.36. The number of aryl methyl sites for hydroxylation is 1. The van der Waals surface area contributed by atoms with E-state index in [9.17, 15) is 28.7 Å². The average Bonchev–Trinajstić information content (AvgIpc) is 3.82. The molecule has 0 spiro atoms. The van der Waals surface area contributed by atoms with Crippen molar-refractivity contribution >= 4 is 72.7 Å². The number of imidazole rings is 1. The number of halogens is 2. The van der Waals surface area contributed by atoms with Crippen molar-refractivity contribution in [1.82, 2.24) is 39.4 Å². The second kappa shape index (κ2) is 21.3. The summed E-state index contributed by atoms with van der Waals surface area (Å²) in [5.41, 5.74) is 6.15. The second-order valence-electron chi connectivity index (χ2n) is 22.1. The predicted octanol–water partition coefficient (Wildman–Crippen LogP) is 9.33. The molecule has 73 heavy (non-hydrogen) atoms. The molecule has 14 nitrogen and oxygen atoms in total. The topological polar surface area (TPSA) is 163 Å². The highest BCUT2D eigenvalue weighted by Gasteiger charge is 2.53. The molecule has 10 rings (SSSR count). The smallest absolute Gasteiger partial charge is 0.283 e. The number of nitrogens with zero attached hydrogens (tertiary/aromatic N) is 6. The fraction of sp³-hybridized carbons (Fsp3) is 0.536. The van der Waals surface area contributed by atoms with Crippen LogP contribution in [0.2, 0.25) is 0 Å². The van der Waals surface area contributed by atoms with Crippen molar-refractivity contribution in [3.8, 4) is 10.4 Å². The van der Waals surface area contributed by atoms with Gasteiger partial charge in [0.2, 0.25) is 17.6 Å². The molecular weight excluding hydrogens is 1010 g/mol. The van der Waals surface area contributed by atoms with E-state index in [1.165, 1.54) is 23.3 Å². The first-order chi connectivity index (χ1) is 35.1. The molecule has 2 aliphatic carbocycles. The van der Waals surface area contributed by atoms with Gasteiger partial charge in [-0.05, 0) is 153 Å². The Kier molecular flexibility index (Phi) is 15.0. The number of nitrogens with one attached hydrogen (secondary N) is 2. The van der Waals surface area contributed by atoms with Gasteiger partial charge in [0, 0.05) is 30.1 Å². The van der Waals surface area contributed by atoms with Gasteiger partial charge in [-0.15, -0.1) is 11.3 Å². The number of likely N-dealkylation sites (tertiary alicyclic amines) is 2. The van der Waals surface area contributed by atoms with Crippen LogP contribution >= 0.6 is 27.3 Å². The number of amides is 3. The molecule has 2 saturated heterocycles. The number of carbonyl (C=O) groups excluding carboxylic acids is 3. The SMILES string of the molecule is Cc1ncsc1-c1ccc([C@H](COCCCCCN2CCC(c3ccc4c(c3)n(C3CCCC3)c3nc(=O)c5c(Br)cccc5n43)CC2)NC(=O)[C@@H]2C[C@@H](O)CN2C(=O)[C@@H](NC(=O)C2(F)CC2)C(C)(C)C)cc1. The Morgan fingerprint density at radius 2 is 1.71 bits per heavy atom. The van der Waals surface area contributed by atoms with Gasteiger partial charge in [0.1, 0.15) is 12.1 Å². The Labute approximate surface area is 438 Å². The molecule has 4 fully saturated rings. The molecule has 3 N–H and O–H groups in total. The first-order valence-corrected chi connectivity index (χ1v) is 28.0. The maximum atomic E-state index is 14.8. The lowest BCUT2D eigenvalue weighted by atomic mass is 9.85. The quantitative estimate of drug-likeness (QED) is 0.0756. The van der Waals surface area contributed by atoms with Crippen LogP contribution in [0.25, 0.3) is 38.2 Å². The van der Waals surface area contributed by atoms with Crippen LogP contribution in [0.1, 0.15) is 133 Å². The molecule has 2 aliphatic heterocycles. The van der Waals surface area contributed by atoms with Crippen LogP contribution in [0.5, 0.6) is 0 Å². The fourth-order valence-corrected chi connectivity index (χ4v) is 12.8. The van der Waals surface area contributed by atoms with Crippen LogP contribution in [-0.4, -0.2) is 115 Å². The summed E-state index contributed by atoms with van der Waals surface area (Å²) in [4.78, 5) is 68.7. The van der Waals surface area contributed by atoms with Crippen LogP contribution in [-0.2, 0) is 19.1 Å². The summed E-state index contributed by atoms with van der Waals surface area (Å²) in [5.74, 6) is -0.584. The molecular formula is C56H68BrFN8O6S. The highest BCUT2D eigenvalue weighted by Crippen LogP contribution is 2.41. The van der Waals surface area contributed by atoms with E-state index in [0.717, 1.165) is 113 Å². The summed E-state index contributed by atoms with van der Waals surface area (Å²) < 4.78 is 26.4. The largest absolute Gasteiger partial charge is 0.391 e. The van der Waals surface area contributed by atoms with Crippen molar-refractivity contribution < 1.29 is 28.6 Å². The standard InChI is InChI=1S/C56H68BrFN8O6S/c1-34-48(73-33-59-34)37-17-15-36(16-18-37)42(60-50(68)46-30-40(67)31-64(46)52(70)49(55(2,3)4)61-53(71)56(58)23-24-56)32-72-28-9-5-8-25-63-26-21-35(22-27-63)38-19-20-43-45(29-38)65(39-11-6-7-12-39)54-62-51(69)47-41(57)13-10-14-44(47)66(43)54/h10,13-20,29,33,35,39-40,42,46,49,67H,5-9,11-12,21-28,30-32H2,1-4H3,(H,60,68)(H,61,71)/t40-,42+,46+,49-/m1/s1. The molecule has 3 aromatic carbocycles. The van der Waals surface area contributed by atoms with E-state index in [0.29, 0.717) is 24.0 Å². The summed E-state index contributed by atoms with van der Waals surface area (Å²) in [5, 5.41) is 17.2. The number of hydrogen-bond donors (Lipinski definition) is 3. The van der Waals surface area contributed by atoms with E-state index in [-0.39, 0.29) is 38.0 Å². The summed E-state index contributed by atoms with van der Waals surface area (Å²) in [6, 6.07) is 18.5. The molecule has 2 saturated carbocycles. The van der Waals surface area contributed by atoms with Crippen molar-refractivity contribution in [3.05, 3.63) is 97.8 Å². The van der Waals surface area contributed by atoms with Crippen LogP contribution in [0, 0.1) is 12.3 Å². The summed E-state index contributed by atoms with van der Waals surface area (Å²) in [6.07, 6.45) is 8.94. The van der Waals surface area contributed by atoms with Gasteiger partial charge in [0.25, 0.3) is 11.5 Å². The first-order valence-electron chi connectivity index (χ1n) is 26.3. The number of ether oxygens (including phenoxy) is 1. The summed E-state index contributed by atoms with van der Waals surface area (Å²) in [6.45, 7) is 11.1. The van der Waals surface area contributed by atoms with Crippen molar-refractivity contribution in [2.75, 3.05) is 39.4 Å². The molecule has 388 valence electrons. The van der Waals surface area contributed by atoms with Crippen molar-refractivity contribution in [1.29, 1.82) is 0 Å². The number of thiazole rings is 1. The molecule has 17 heteroatoms. The monoisotopic (exact) mass is 1080 g/mol. The zero-order valence-electron chi connectivity index (χ0n) is 42.4. The highest BCUT2D eigenvalue weighted by molar-refractivity contribution is 9.10. The number of aromatic nitrogens is 4. The number of rotatable bonds is 17. The Balaban J connectivity index is 0.744. The Morgan fingerprint density at radius 3 is 2.41 bits per heavy atom. The summed E-state index contributed by atoms with van der Waals surface area (Å²) in [7, 11) is 0. The van der Waals surface area contributed by atoms with Gasteiger partial charge in [-0.3, -0.25) is 23.6 Å². The minimum Gasteiger partial charge on any atom is -0.391 e. The minimum absolute atomic E-state index is 0.0330. The molecule has 5 heterocycles. The Morgan fingerprint density at radius 1 is 0.959 bits per heavy atom. The predicted molar refractivity (Wildman–Crippen MR) is 287 cm³/mol. The molecule has 0 radical (unpaired) electrons. The second-order valence-corrected chi connectivity index (χ2v) is 23.8. The number of benzene rings is 3. The summed E-state index contributed by atoms with van der Waals surface area (Å²) >= 11 is 5.18. The molecule has 0 unspecified atom stereocenters. The number of carbonyl (C=O) groups is 3. The number of alkyl halides is 1. The normalized spacial score (nSPS) is 20.6. The first kappa shape index (κ1) is 51.4. The third kappa shape index (κ3) is 10.8. The average molecular weight is 1080 g/mol. The number of piperidine rings is 1. The van der Waals surface area contributed by atoms with Crippen LogP contribution < -0.4 is 16.2 Å². The molecule has 6 aromatic rings. The van der Waals surface area contributed by atoms with E-state index in [4.69, 9.17) is 9.72 Å². The van der Waals surface area contributed by atoms with Gasteiger partial charge in [0.05, 0.1) is 56.8 Å². The maximum absolute atomic E-state index is 14.8. The van der Waals surface area contributed by atoms with Gasteiger partial charge in [-0.2, -0.15) is 4.98 Å². The van der Waals surface area contributed by atoms with E-state index in [1.807, 2.05) is 54.9 Å². The number of aliphatic hydroxyl groups excluding tert-OH is 1. The lowest BCUT2D eigenvalue weighted by Crippen LogP contribution is -2.59. The van der Waals surface area contributed by atoms with Crippen molar-refractivity contribution in [2.24, 2.45) is 5.41 Å². The molecule has 3 amide bonds. The third-order valence-electron chi connectivity index (χ3n) is 15.8. The molecule has 0 bridgehead atoms. The van der Waals surface area contributed by atoms with Gasteiger partial charge < -0.3 is 34.8 Å². The lowest BCUT2D eigenvalue weighted by molar-refractivity contribution is -0.145. The van der Waals surface area contributed by atoms with Crippen LogP contribution in [0.15, 0.2) is 75.4 Å². The third-order valence-corrected chi connectivity index (χ3v) is 17.5. The minimum atomic E-state index is -1.97. The van der Waals surface area contributed by atoms with Crippen LogP contribution in [0.4, 0.5) is 4.39 Å². The number of fused-ring (bicyclic) bond motifs is 5. The van der Waals surface area contributed by atoms with E-state index in [1.54, 1.807) is 32.1 Å². The number of β-amino-alcohol motifs (C(OH)–C–C–N with tert-alkyl or cyclic N) is 1. The zero-order chi connectivity index (χ0) is 51.2. The number of aliphatic hydroxyl groups is 1. The van der Waals surface area contributed by atoms with Gasteiger partial charge in [-0.25, -0.2) is 9.37 Å². The maximum Gasteiger partial charge on any atom is 0.283 e. The van der Waals surface area contributed by atoms with E-state index >= 15 is 0 Å². The Hall–Kier alpha value is -5.07. The molecule has 4 aliphatic rings. The molecule has 4 atom stereocenters. The van der Waals surface area contributed by atoms with Gasteiger partial charge in [0.15, 0.2) is 5.67 Å². The number of unbranched alkanes of at least 4 members (excludes halogenated alkanes) is 2. The van der Waals surface area contributed by atoms with Crippen LogP contribution in [0.3, 0.4) is 0 Å². The van der Waals surface area contributed by atoms with E-state index < -0.39 is 53.0 Å². The number of hydrogen-bond acceptors (Lipinski definition) is 10. The van der Waals surface area contributed by atoms with Crippen molar-refractivity contribution in [2.45, 2.75) is 147 Å².